The molecule has 0 unspecified atom stereocenters. The van der Waals surface area contributed by atoms with Gasteiger partial charge in [-0.3, -0.25) is 0 Å². The largest absolute Gasteiger partial charge is 0.496 e. The van der Waals surface area contributed by atoms with E-state index < -0.39 is 11.7 Å². The second kappa shape index (κ2) is 5.03. The van der Waals surface area contributed by atoms with Crippen LogP contribution in [0.25, 0.3) is 6.08 Å². The Morgan fingerprint density at radius 3 is 2.56 bits per heavy atom. The van der Waals surface area contributed by atoms with Gasteiger partial charge in [-0.2, -0.15) is 13.2 Å². The number of ether oxygens (including phenoxy) is 1. The summed E-state index contributed by atoms with van der Waals surface area (Å²) in [5.41, 5.74) is -0.461. The zero-order chi connectivity index (χ0) is 12.2. The lowest BCUT2D eigenvalue weighted by Gasteiger charge is -2.12. The van der Waals surface area contributed by atoms with E-state index in [2.05, 4.69) is 4.74 Å². The molecular formula is C11H11F3O2. The van der Waals surface area contributed by atoms with Crippen LogP contribution < -0.4 is 4.74 Å². The molecule has 0 aliphatic heterocycles. The van der Waals surface area contributed by atoms with Crippen molar-refractivity contribution < 1.29 is 23.0 Å². The Bertz CT molecular complexity index is 383. The average Bonchev–Trinajstić information content (AvgIpc) is 2.24. The number of benzene rings is 1. The Morgan fingerprint density at radius 1 is 1.38 bits per heavy atom. The maximum atomic E-state index is 12.6. The number of aliphatic hydroxyl groups is 1. The maximum Gasteiger partial charge on any atom is 0.419 e. The highest BCUT2D eigenvalue weighted by molar-refractivity contribution is 5.54. The van der Waals surface area contributed by atoms with Crippen LogP contribution >= 0.6 is 0 Å². The standard InChI is InChI=1S/C11H11F3O2/c1-16-10-5-4-8(3-2-6-15)7-9(10)11(12,13)14/h2-5,7,15H,6H2,1H3. The minimum Gasteiger partial charge on any atom is -0.496 e. The Morgan fingerprint density at radius 2 is 2.06 bits per heavy atom. The van der Waals surface area contributed by atoms with Gasteiger partial charge in [-0.15, -0.1) is 0 Å². The van der Waals surface area contributed by atoms with Crippen LogP contribution in [0.15, 0.2) is 24.3 Å². The van der Waals surface area contributed by atoms with Gasteiger partial charge >= 0.3 is 6.18 Å². The summed E-state index contributed by atoms with van der Waals surface area (Å²) < 4.78 is 42.4. The van der Waals surface area contributed by atoms with Gasteiger partial charge in [0.2, 0.25) is 0 Å². The molecule has 0 atom stereocenters. The van der Waals surface area contributed by atoms with E-state index in [9.17, 15) is 13.2 Å². The normalized spacial score (nSPS) is 12.1. The first-order chi connectivity index (χ1) is 7.49. The molecule has 1 aromatic rings. The number of aliphatic hydroxyl groups excluding tert-OH is 1. The molecular weight excluding hydrogens is 221 g/mol. The first kappa shape index (κ1) is 12.6. The molecule has 0 saturated carbocycles. The molecule has 0 aromatic heterocycles. The molecule has 88 valence electrons. The number of alkyl halides is 3. The summed E-state index contributed by atoms with van der Waals surface area (Å²) >= 11 is 0. The number of hydrogen-bond donors (Lipinski definition) is 1. The first-order valence-electron chi connectivity index (χ1n) is 4.51. The number of hydrogen-bond acceptors (Lipinski definition) is 2. The van der Waals surface area contributed by atoms with Crippen molar-refractivity contribution in [1.29, 1.82) is 0 Å². The predicted octanol–water partition coefficient (Wildman–Crippen LogP) is 2.72. The molecule has 0 fully saturated rings. The third-order valence-corrected chi connectivity index (χ3v) is 1.94. The fourth-order valence-electron chi connectivity index (χ4n) is 1.24. The Hall–Kier alpha value is -1.49. The molecule has 0 saturated heterocycles. The summed E-state index contributed by atoms with van der Waals surface area (Å²) in [5, 5.41) is 8.52. The molecule has 16 heavy (non-hydrogen) atoms. The first-order valence-corrected chi connectivity index (χ1v) is 4.51. The highest BCUT2D eigenvalue weighted by Crippen LogP contribution is 2.36. The van der Waals surface area contributed by atoms with Gasteiger partial charge < -0.3 is 9.84 Å². The van der Waals surface area contributed by atoms with Crippen LogP contribution in [0.4, 0.5) is 13.2 Å². The van der Waals surface area contributed by atoms with E-state index in [1.54, 1.807) is 0 Å². The van der Waals surface area contributed by atoms with Gasteiger partial charge in [-0.25, -0.2) is 0 Å². The van der Waals surface area contributed by atoms with Crippen molar-refractivity contribution >= 4 is 6.08 Å². The third kappa shape index (κ3) is 3.00. The van der Waals surface area contributed by atoms with Crippen LogP contribution in [0.2, 0.25) is 0 Å². The van der Waals surface area contributed by atoms with E-state index in [1.165, 1.54) is 31.4 Å². The second-order valence-electron chi connectivity index (χ2n) is 3.04. The quantitative estimate of drug-likeness (QED) is 0.868. The molecule has 0 aliphatic carbocycles. The predicted molar refractivity (Wildman–Crippen MR) is 54.1 cm³/mol. The number of halogens is 3. The number of rotatable bonds is 3. The lowest BCUT2D eigenvalue weighted by molar-refractivity contribution is -0.138. The summed E-state index contributed by atoms with van der Waals surface area (Å²) in [6, 6.07) is 3.71. The van der Waals surface area contributed by atoms with Crippen LogP contribution in [0, 0.1) is 0 Å². The molecule has 2 nitrogen and oxygen atoms in total. The molecule has 0 aliphatic rings. The van der Waals surface area contributed by atoms with Gasteiger partial charge in [-0.1, -0.05) is 18.2 Å². The Balaban J connectivity index is 3.16. The zero-order valence-electron chi connectivity index (χ0n) is 8.58. The molecule has 0 radical (unpaired) electrons. The van der Waals surface area contributed by atoms with Crippen molar-refractivity contribution in [3.05, 3.63) is 35.4 Å². The summed E-state index contributed by atoms with van der Waals surface area (Å²) in [4.78, 5) is 0. The molecule has 0 bridgehead atoms. The summed E-state index contributed by atoms with van der Waals surface area (Å²) in [7, 11) is 1.19. The lowest BCUT2D eigenvalue weighted by atomic mass is 10.1. The summed E-state index contributed by atoms with van der Waals surface area (Å²) in [6.07, 6.45) is -1.68. The molecule has 1 N–H and O–H groups in total. The molecule has 0 heterocycles. The van der Waals surface area contributed by atoms with E-state index in [-0.39, 0.29) is 12.4 Å². The topological polar surface area (TPSA) is 29.5 Å². The second-order valence-corrected chi connectivity index (χ2v) is 3.04. The number of methoxy groups -OCH3 is 1. The molecule has 0 amide bonds. The Labute approximate surface area is 91.0 Å². The molecule has 1 aromatic carbocycles. The van der Waals surface area contributed by atoms with Crippen molar-refractivity contribution in [2.75, 3.05) is 13.7 Å². The summed E-state index contributed by atoms with van der Waals surface area (Å²) in [6.45, 7) is -0.215. The maximum absolute atomic E-state index is 12.6. The van der Waals surface area contributed by atoms with E-state index >= 15 is 0 Å². The monoisotopic (exact) mass is 232 g/mol. The van der Waals surface area contributed by atoms with Crippen LogP contribution in [0.5, 0.6) is 5.75 Å². The van der Waals surface area contributed by atoms with E-state index in [1.807, 2.05) is 0 Å². The van der Waals surface area contributed by atoms with Crippen molar-refractivity contribution in [2.45, 2.75) is 6.18 Å². The van der Waals surface area contributed by atoms with Gasteiger partial charge in [0.25, 0.3) is 0 Å². The van der Waals surface area contributed by atoms with E-state index in [4.69, 9.17) is 5.11 Å². The van der Waals surface area contributed by atoms with Gasteiger partial charge in [0.05, 0.1) is 19.3 Å². The molecule has 5 heteroatoms. The minimum atomic E-state index is -4.45. The average molecular weight is 232 g/mol. The zero-order valence-corrected chi connectivity index (χ0v) is 8.58. The fourth-order valence-corrected chi connectivity index (χ4v) is 1.24. The lowest BCUT2D eigenvalue weighted by Crippen LogP contribution is -2.07. The van der Waals surface area contributed by atoms with E-state index in [0.717, 1.165) is 6.07 Å². The van der Waals surface area contributed by atoms with Gasteiger partial charge in [0.1, 0.15) is 5.75 Å². The Kier molecular flexibility index (Phi) is 3.95. The summed E-state index contributed by atoms with van der Waals surface area (Å²) in [5.74, 6) is -0.214. The van der Waals surface area contributed by atoms with Gasteiger partial charge in [-0.05, 0) is 17.7 Å². The van der Waals surface area contributed by atoms with Crippen LogP contribution in [0.3, 0.4) is 0 Å². The molecule has 0 spiro atoms. The van der Waals surface area contributed by atoms with Crippen LogP contribution in [-0.4, -0.2) is 18.8 Å². The van der Waals surface area contributed by atoms with Crippen molar-refractivity contribution in [1.82, 2.24) is 0 Å². The van der Waals surface area contributed by atoms with Crippen molar-refractivity contribution in [2.24, 2.45) is 0 Å². The third-order valence-electron chi connectivity index (χ3n) is 1.94. The minimum absolute atomic E-state index is 0.214. The van der Waals surface area contributed by atoms with Crippen LogP contribution in [-0.2, 0) is 6.18 Å². The smallest absolute Gasteiger partial charge is 0.419 e. The van der Waals surface area contributed by atoms with Gasteiger partial charge in [0, 0.05) is 0 Å². The molecule has 1 rings (SSSR count). The highest BCUT2D eigenvalue weighted by Gasteiger charge is 2.34. The fraction of sp³-hybridized carbons (Fsp3) is 0.273. The highest BCUT2D eigenvalue weighted by atomic mass is 19.4. The van der Waals surface area contributed by atoms with Crippen molar-refractivity contribution in [3.63, 3.8) is 0 Å². The van der Waals surface area contributed by atoms with E-state index in [0.29, 0.717) is 5.56 Å². The van der Waals surface area contributed by atoms with Crippen LogP contribution in [0.1, 0.15) is 11.1 Å². The van der Waals surface area contributed by atoms with Crippen molar-refractivity contribution in [3.8, 4) is 5.75 Å². The SMILES string of the molecule is COc1ccc(C=CCO)cc1C(F)(F)F. The van der Waals surface area contributed by atoms with Gasteiger partial charge in [0.15, 0.2) is 0 Å².